The highest BCUT2D eigenvalue weighted by atomic mass is 32.1. The maximum absolute atomic E-state index is 14.0. The highest BCUT2D eigenvalue weighted by Crippen LogP contribution is 2.42. The monoisotopic (exact) mass is 510 g/mol. The number of aliphatic hydroxyl groups excluding tert-OH is 1. The molecule has 0 radical (unpaired) electrons. The molecule has 1 atom stereocenters. The number of thiazole rings is 1. The number of hydrogen-bond acceptors (Lipinski definition) is 6. The van der Waals surface area contributed by atoms with Crippen molar-refractivity contribution in [1.82, 2.24) is 9.88 Å². The zero-order valence-corrected chi connectivity index (χ0v) is 21.6. The molecular weight excluding hydrogens is 484 g/mol. The van der Waals surface area contributed by atoms with E-state index in [0.29, 0.717) is 21.3 Å². The van der Waals surface area contributed by atoms with Crippen LogP contribution in [0, 0.1) is 13.8 Å². The molecule has 1 unspecified atom stereocenters. The molecule has 6 nitrogen and oxygen atoms in total. The van der Waals surface area contributed by atoms with Crippen LogP contribution in [-0.4, -0.2) is 33.8 Å². The largest absolute Gasteiger partial charge is 0.503 e. The number of aromatic nitrogens is 1. The highest BCUT2D eigenvalue weighted by Gasteiger charge is 2.44. The van der Waals surface area contributed by atoms with Gasteiger partial charge in [-0.25, -0.2) is 4.98 Å². The van der Waals surface area contributed by atoms with Crippen molar-refractivity contribution in [2.24, 2.45) is 0 Å². The molecule has 1 amide bonds. The normalized spacial score (nSPS) is 15.4. The van der Waals surface area contributed by atoms with E-state index in [9.17, 15) is 14.7 Å². The van der Waals surface area contributed by atoms with Gasteiger partial charge in [0.1, 0.15) is 10.8 Å². The molecule has 4 aromatic rings. The van der Waals surface area contributed by atoms with Gasteiger partial charge >= 0.3 is 0 Å². The van der Waals surface area contributed by atoms with E-state index < -0.39 is 17.7 Å². The molecule has 0 bridgehead atoms. The lowest BCUT2D eigenvalue weighted by atomic mass is 9.94. The molecule has 0 saturated carbocycles. The van der Waals surface area contributed by atoms with Crippen molar-refractivity contribution in [1.29, 1.82) is 0 Å². The van der Waals surface area contributed by atoms with E-state index in [2.05, 4.69) is 4.98 Å². The Labute approximate surface area is 219 Å². The lowest BCUT2D eigenvalue weighted by Gasteiger charge is -2.27. The summed E-state index contributed by atoms with van der Waals surface area (Å²) in [5.41, 5.74) is 4.12. The molecule has 0 saturated heterocycles. The standard InChI is InChI=1S/C30H26N2O4S/c1-18-9-7-13-22(15-18)25-24(26(33)28-19(2)31-29(37-28)21-11-5-4-6-12-21)27(34)30(35)32(25)17-20-10-8-14-23(16-20)36-3/h4-16,25,34H,17H2,1-3H3. The maximum Gasteiger partial charge on any atom is 0.290 e. The first-order valence-corrected chi connectivity index (χ1v) is 12.7. The number of methoxy groups -OCH3 is 1. The summed E-state index contributed by atoms with van der Waals surface area (Å²) in [6.45, 7) is 3.93. The number of rotatable bonds is 7. The Morgan fingerprint density at radius 3 is 2.51 bits per heavy atom. The van der Waals surface area contributed by atoms with Crippen LogP contribution in [0.2, 0.25) is 0 Å². The first-order chi connectivity index (χ1) is 17.9. The molecule has 7 heteroatoms. The zero-order chi connectivity index (χ0) is 26.1. The summed E-state index contributed by atoms with van der Waals surface area (Å²) in [6, 6.07) is 24.0. The SMILES string of the molecule is COc1cccc(CN2C(=O)C(O)=C(C(=O)c3sc(-c4ccccc4)nc3C)C2c2cccc(C)c2)c1. The molecule has 1 aromatic heterocycles. The Hall–Kier alpha value is -4.23. The third kappa shape index (κ3) is 4.66. The molecule has 1 aliphatic heterocycles. The highest BCUT2D eigenvalue weighted by molar-refractivity contribution is 7.17. The summed E-state index contributed by atoms with van der Waals surface area (Å²) < 4.78 is 5.34. The van der Waals surface area contributed by atoms with Crippen LogP contribution in [0.5, 0.6) is 5.75 Å². The van der Waals surface area contributed by atoms with Gasteiger partial charge in [0.05, 0.1) is 29.3 Å². The molecule has 3 aromatic carbocycles. The number of benzene rings is 3. The van der Waals surface area contributed by atoms with Crippen molar-refractivity contribution >= 4 is 23.0 Å². The Morgan fingerprint density at radius 2 is 1.78 bits per heavy atom. The number of aliphatic hydroxyl groups is 1. The van der Waals surface area contributed by atoms with E-state index in [4.69, 9.17) is 4.74 Å². The van der Waals surface area contributed by atoms with E-state index in [1.165, 1.54) is 11.3 Å². The quantitative estimate of drug-likeness (QED) is 0.299. The van der Waals surface area contributed by atoms with Crippen LogP contribution in [0.1, 0.15) is 38.1 Å². The van der Waals surface area contributed by atoms with Crippen molar-refractivity contribution in [3.05, 3.63) is 117 Å². The Morgan fingerprint density at radius 1 is 1.03 bits per heavy atom. The van der Waals surface area contributed by atoms with Crippen LogP contribution in [-0.2, 0) is 11.3 Å². The van der Waals surface area contributed by atoms with Gasteiger partial charge in [-0.15, -0.1) is 11.3 Å². The van der Waals surface area contributed by atoms with Gasteiger partial charge in [-0.1, -0.05) is 72.3 Å². The fourth-order valence-electron chi connectivity index (χ4n) is 4.64. The number of carbonyl (C=O) groups is 2. The van der Waals surface area contributed by atoms with Gasteiger partial charge in [0.15, 0.2) is 5.76 Å². The van der Waals surface area contributed by atoms with Gasteiger partial charge in [-0.05, 0) is 37.1 Å². The van der Waals surface area contributed by atoms with Gasteiger partial charge in [-0.2, -0.15) is 0 Å². The summed E-state index contributed by atoms with van der Waals surface area (Å²) in [4.78, 5) is 34.0. The third-order valence-electron chi connectivity index (χ3n) is 6.42. The Bertz CT molecular complexity index is 1520. The van der Waals surface area contributed by atoms with Crippen molar-refractivity contribution < 1.29 is 19.4 Å². The number of hydrogen-bond donors (Lipinski definition) is 1. The molecule has 0 fully saturated rings. The van der Waals surface area contributed by atoms with Gasteiger partial charge in [0.25, 0.3) is 5.91 Å². The van der Waals surface area contributed by atoms with Crippen LogP contribution in [0.4, 0.5) is 0 Å². The third-order valence-corrected chi connectivity index (χ3v) is 7.62. The summed E-state index contributed by atoms with van der Waals surface area (Å²) in [6.07, 6.45) is 0. The smallest absolute Gasteiger partial charge is 0.290 e. The number of aryl methyl sites for hydroxylation is 2. The molecule has 1 aliphatic rings. The van der Waals surface area contributed by atoms with Crippen molar-refractivity contribution in [2.45, 2.75) is 26.4 Å². The maximum atomic E-state index is 14.0. The van der Waals surface area contributed by atoms with Gasteiger partial charge in [0, 0.05) is 12.1 Å². The molecule has 0 aliphatic carbocycles. The second-order valence-electron chi connectivity index (χ2n) is 8.99. The van der Waals surface area contributed by atoms with E-state index >= 15 is 0 Å². The Balaban J connectivity index is 1.58. The second-order valence-corrected chi connectivity index (χ2v) is 9.99. The number of ketones is 1. The van der Waals surface area contributed by atoms with E-state index in [1.54, 1.807) is 18.9 Å². The summed E-state index contributed by atoms with van der Waals surface area (Å²) in [5.74, 6) is -0.822. The average molecular weight is 511 g/mol. The van der Waals surface area contributed by atoms with Crippen molar-refractivity contribution in [3.8, 4) is 16.3 Å². The van der Waals surface area contributed by atoms with Gasteiger partial charge in [-0.3, -0.25) is 9.59 Å². The zero-order valence-electron chi connectivity index (χ0n) is 20.8. The first-order valence-electron chi connectivity index (χ1n) is 11.9. The minimum Gasteiger partial charge on any atom is -0.503 e. The fraction of sp³-hybridized carbons (Fsp3) is 0.167. The fourth-order valence-corrected chi connectivity index (χ4v) is 5.66. The average Bonchev–Trinajstić information content (AvgIpc) is 3.42. The number of Topliss-reactive ketones (excluding diaryl/α,β-unsaturated/α-hetero) is 1. The molecule has 1 N–H and O–H groups in total. The number of ether oxygens (including phenoxy) is 1. The number of amides is 1. The minimum atomic E-state index is -0.743. The molecule has 5 rings (SSSR count). The minimum absolute atomic E-state index is 0.0739. The van der Waals surface area contributed by atoms with E-state index in [-0.39, 0.29) is 17.9 Å². The van der Waals surface area contributed by atoms with Crippen molar-refractivity contribution in [3.63, 3.8) is 0 Å². The summed E-state index contributed by atoms with van der Waals surface area (Å²) in [7, 11) is 1.58. The molecular formula is C30H26N2O4S. The summed E-state index contributed by atoms with van der Waals surface area (Å²) >= 11 is 1.27. The van der Waals surface area contributed by atoms with Crippen LogP contribution >= 0.6 is 11.3 Å². The number of carbonyl (C=O) groups excluding carboxylic acids is 2. The molecule has 0 spiro atoms. The topological polar surface area (TPSA) is 79.7 Å². The van der Waals surface area contributed by atoms with Crippen LogP contribution in [0.15, 0.2) is 90.2 Å². The Kier molecular flexibility index (Phi) is 6.63. The lowest BCUT2D eigenvalue weighted by Crippen LogP contribution is -2.30. The van der Waals surface area contributed by atoms with Crippen molar-refractivity contribution in [2.75, 3.05) is 7.11 Å². The molecule has 186 valence electrons. The summed E-state index contributed by atoms with van der Waals surface area (Å²) in [5, 5.41) is 11.8. The van der Waals surface area contributed by atoms with E-state index in [1.807, 2.05) is 85.8 Å². The van der Waals surface area contributed by atoms with Crippen LogP contribution in [0.3, 0.4) is 0 Å². The molecule has 2 heterocycles. The van der Waals surface area contributed by atoms with Gasteiger partial charge < -0.3 is 14.7 Å². The first kappa shape index (κ1) is 24.5. The second kappa shape index (κ2) is 10.0. The van der Waals surface area contributed by atoms with Crippen LogP contribution in [0.25, 0.3) is 10.6 Å². The van der Waals surface area contributed by atoms with E-state index in [0.717, 1.165) is 22.3 Å². The predicted molar refractivity (Wildman–Crippen MR) is 144 cm³/mol. The predicted octanol–water partition coefficient (Wildman–Crippen LogP) is 6.21. The molecule has 37 heavy (non-hydrogen) atoms. The van der Waals surface area contributed by atoms with Crippen LogP contribution < -0.4 is 4.74 Å². The lowest BCUT2D eigenvalue weighted by molar-refractivity contribution is -0.130. The van der Waals surface area contributed by atoms with Gasteiger partial charge in [0.2, 0.25) is 5.78 Å². The number of nitrogens with zero attached hydrogens (tertiary/aromatic N) is 2.